The highest BCUT2D eigenvalue weighted by atomic mass is 79.9. The zero-order valence-electron chi connectivity index (χ0n) is 15.9. The van der Waals surface area contributed by atoms with Crippen molar-refractivity contribution in [2.45, 2.75) is 11.8 Å². The smallest absolute Gasteiger partial charge is 0.262 e. The molecule has 3 aromatic rings. The van der Waals surface area contributed by atoms with Gasteiger partial charge >= 0.3 is 0 Å². The lowest BCUT2D eigenvalue weighted by atomic mass is 10.2. The molecule has 0 saturated carbocycles. The van der Waals surface area contributed by atoms with Gasteiger partial charge in [0.15, 0.2) is 6.61 Å². The first-order valence-corrected chi connectivity index (χ1v) is 11.5. The fourth-order valence-corrected chi connectivity index (χ4v) is 4.52. The second-order valence-corrected chi connectivity index (χ2v) is 9.39. The first-order valence-electron chi connectivity index (χ1n) is 8.80. The minimum Gasteiger partial charge on any atom is -0.484 e. The molecule has 156 valence electrons. The molecule has 30 heavy (non-hydrogen) atoms. The van der Waals surface area contributed by atoms with E-state index in [1.807, 2.05) is 6.07 Å². The number of halogens is 2. The van der Waals surface area contributed by atoms with E-state index >= 15 is 0 Å². The van der Waals surface area contributed by atoms with Crippen molar-refractivity contribution in [2.75, 3.05) is 16.6 Å². The van der Waals surface area contributed by atoms with Crippen molar-refractivity contribution in [3.05, 3.63) is 81.8 Å². The molecule has 1 amide bonds. The molecule has 3 aromatic carbocycles. The maximum Gasteiger partial charge on any atom is 0.262 e. The maximum absolute atomic E-state index is 12.8. The first kappa shape index (κ1) is 22.1. The minimum absolute atomic E-state index is 0.0492. The zero-order chi connectivity index (χ0) is 21.7. The molecule has 0 heterocycles. The van der Waals surface area contributed by atoms with Crippen molar-refractivity contribution < 1.29 is 17.9 Å². The zero-order valence-corrected chi connectivity index (χ0v) is 19.0. The van der Waals surface area contributed by atoms with Crippen LogP contribution in [0.1, 0.15) is 5.56 Å². The van der Waals surface area contributed by atoms with Gasteiger partial charge in [-0.2, -0.15) is 0 Å². The number of benzene rings is 3. The summed E-state index contributed by atoms with van der Waals surface area (Å²) >= 11 is 9.25. The molecule has 0 aliphatic carbocycles. The molecule has 0 saturated heterocycles. The molecule has 2 N–H and O–H groups in total. The quantitative estimate of drug-likeness (QED) is 0.457. The Morgan fingerprint density at radius 1 is 1.03 bits per heavy atom. The molecule has 0 aliphatic rings. The number of sulfonamides is 1. The summed E-state index contributed by atoms with van der Waals surface area (Å²) in [5.41, 5.74) is 1.22. The van der Waals surface area contributed by atoms with Gasteiger partial charge in [0.1, 0.15) is 5.75 Å². The van der Waals surface area contributed by atoms with Crippen molar-refractivity contribution in [3.63, 3.8) is 0 Å². The predicted octanol–water partition coefficient (Wildman–Crippen LogP) is 5.23. The van der Waals surface area contributed by atoms with Crippen LogP contribution in [-0.4, -0.2) is 20.9 Å². The number of hydrogen-bond acceptors (Lipinski definition) is 4. The summed E-state index contributed by atoms with van der Waals surface area (Å²) in [7, 11) is -3.88. The summed E-state index contributed by atoms with van der Waals surface area (Å²) in [6.45, 7) is 1.46. The highest BCUT2D eigenvalue weighted by Crippen LogP contribution is 2.24. The predicted molar refractivity (Wildman–Crippen MR) is 122 cm³/mol. The van der Waals surface area contributed by atoms with Crippen LogP contribution in [0.15, 0.2) is 76.1 Å². The highest BCUT2D eigenvalue weighted by Gasteiger charge is 2.18. The van der Waals surface area contributed by atoms with Crippen LogP contribution in [0.5, 0.6) is 5.75 Å². The number of aryl methyl sites for hydroxylation is 1. The molecule has 0 aliphatic heterocycles. The van der Waals surface area contributed by atoms with Crippen LogP contribution in [0.3, 0.4) is 0 Å². The molecular weight excluding hydrogens is 492 g/mol. The Balaban J connectivity index is 1.71. The average molecular weight is 510 g/mol. The van der Waals surface area contributed by atoms with Crippen LogP contribution in [0.25, 0.3) is 0 Å². The molecule has 0 aromatic heterocycles. The summed E-state index contributed by atoms with van der Waals surface area (Å²) < 4.78 is 34.4. The van der Waals surface area contributed by atoms with E-state index in [9.17, 15) is 13.2 Å². The first-order chi connectivity index (χ1) is 14.2. The molecule has 0 atom stereocenters. The Hall–Kier alpha value is -2.55. The molecule has 0 spiro atoms. The van der Waals surface area contributed by atoms with E-state index in [1.54, 1.807) is 55.5 Å². The molecule has 3 rings (SSSR count). The van der Waals surface area contributed by atoms with E-state index in [-0.39, 0.29) is 11.5 Å². The number of rotatable bonds is 7. The lowest BCUT2D eigenvalue weighted by Crippen LogP contribution is -2.21. The SMILES string of the molecule is Cc1ccc(NC(=O)COc2cccc(Br)c2)cc1S(=O)(=O)Nc1cccc(Cl)c1. The number of hydrogen-bond donors (Lipinski definition) is 2. The van der Waals surface area contributed by atoms with Crippen molar-refractivity contribution in [1.82, 2.24) is 0 Å². The van der Waals surface area contributed by atoms with E-state index in [0.29, 0.717) is 27.7 Å². The molecule has 0 fully saturated rings. The molecule has 9 heteroatoms. The standard InChI is InChI=1S/C21H18BrClN2O4S/c1-14-8-9-17(24-21(26)13-29-19-7-2-4-15(22)10-19)12-20(14)30(27,28)25-18-6-3-5-16(23)11-18/h2-12,25H,13H2,1H3,(H,24,26). The van der Waals surface area contributed by atoms with Gasteiger partial charge in [0.05, 0.1) is 10.6 Å². The maximum atomic E-state index is 12.8. The van der Waals surface area contributed by atoms with Crippen LogP contribution in [0.4, 0.5) is 11.4 Å². The van der Waals surface area contributed by atoms with E-state index in [4.69, 9.17) is 16.3 Å². The fourth-order valence-electron chi connectivity index (χ4n) is 2.63. The topological polar surface area (TPSA) is 84.5 Å². The van der Waals surface area contributed by atoms with Crippen LogP contribution in [-0.2, 0) is 14.8 Å². The summed E-state index contributed by atoms with van der Waals surface area (Å²) in [5.74, 6) is 0.127. The van der Waals surface area contributed by atoms with Gasteiger partial charge in [-0.1, -0.05) is 45.7 Å². The Bertz CT molecular complexity index is 1190. The number of carbonyl (C=O) groups excluding carboxylic acids is 1. The number of amides is 1. The van der Waals surface area contributed by atoms with Gasteiger partial charge < -0.3 is 10.1 Å². The lowest BCUT2D eigenvalue weighted by Gasteiger charge is -2.13. The molecular formula is C21H18BrClN2O4S. The van der Waals surface area contributed by atoms with E-state index in [2.05, 4.69) is 26.0 Å². The van der Waals surface area contributed by atoms with Gasteiger partial charge in [-0.25, -0.2) is 8.42 Å². The van der Waals surface area contributed by atoms with Crippen molar-refractivity contribution in [3.8, 4) is 5.75 Å². The number of ether oxygens (including phenoxy) is 1. The van der Waals surface area contributed by atoms with Gasteiger partial charge in [0, 0.05) is 15.2 Å². The number of carbonyl (C=O) groups is 1. The highest BCUT2D eigenvalue weighted by molar-refractivity contribution is 9.10. The Morgan fingerprint density at radius 3 is 2.53 bits per heavy atom. The normalized spacial score (nSPS) is 11.0. The number of nitrogens with one attached hydrogen (secondary N) is 2. The van der Waals surface area contributed by atoms with Crippen molar-refractivity contribution in [1.29, 1.82) is 0 Å². The Kier molecular flexibility index (Phi) is 7.02. The van der Waals surface area contributed by atoms with Crippen LogP contribution in [0, 0.1) is 6.92 Å². The van der Waals surface area contributed by atoms with E-state index in [1.165, 1.54) is 12.1 Å². The fraction of sp³-hybridized carbons (Fsp3) is 0.0952. The Morgan fingerprint density at radius 2 is 1.80 bits per heavy atom. The third-order valence-electron chi connectivity index (χ3n) is 4.00. The Labute approximate surface area is 188 Å². The molecule has 0 radical (unpaired) electrons. The number of anilines is 2. The molecule has 0 bridgehead atoms. The summed E-state index contributed by atoms with van der Waals surface area (Å²) in [6.07, 6.45) is 0. The van der Waals surface area contributed by atoms with Crippen LogP contribution < -0.4 is 14.8 Å². The summed E-state index contributed by atoms with van der Waals surface area (Å²) in [4.78, 5) is 12.3. The van der Waals surface area contributed by atoms with E-state index in [0.717, 1.165) is 4.47 Å². The lowest BCUT2D eigenvalue weighted by molar-refractivity contribution is -0.118. The monoisotopic (exact) mass is 508 g/mol. The van der Waals surface area contributed by atoms with Crippen molar-refractivity contribution in [2.24, 2.45) is 0 Å². The third-order valence-corrected chi connectivity index (χ3v) is 6.26. The van der Waals surface area contributed by atoms with Gasteiger partial charge in [-0.3, -0.25) is 9.52 Å². The molecule has 0 unspecified atom stereocenters. The van der Waals surface area contributed by atoms with Crippen molar-refractivity contribution >= 4 is 54.8 Å². The van der Waals surface area contributed by atoms with Gasteiger partial charge in [0.25, 0.3) is 15.9 Å². The van der Waals surface area contributed by atoms with Gasteiger partial charge in [-0.05, 0) is 61.0 Å². The summed E-state index contributed by atoms with van der Waals surface area (Å²) in [5, 5.41) is 3.07. The van der Waals surface area contributed by atoms with E-state index < -0.39 is 15.9 Å². The second kappa shape index (κ2) is 9.51. The summed E-state index contributed by atoms with van der Waals surface area (Å²) in [6, 6.07) is 18.2. The van der Waals surface area contributed by atoms with Gasteiger partial charge in [-0.15, -0.1) is 0 Å². The third kappa shape index (κ3) is 5.98. The van der Waals surface area contributed by atoms with Gasteiger partial charge in [0.2, 0.25) is 0 Å². The largest absolute Gasteiger partial charge is 0.484 e. The van der Waals surface area contributed by atoms with Crippen LogP contribution >= 0.6 is 27.5 Å². The van der Waals surface area contributed by atoms with Crippen LogP contribution in [0.2, 0.25) is 5.02 Å². The minimum atomic E-state index is -3.88. The second-order valence-electron chi connectivity index (χ2n) is 6.39. The average Bonchev–Trinajstić information content (AvgIpc) is 2.67. The molecule has 6 nitrogen and oxygen atoms in total.